The molecular formula is C75H147N2O6P. The fraction of sp³-hybridized carbons (Fsp3) is 0.907. The zero-order valence-electron chi connectivity index (χ0n) is 57.1. The Morgan fingerprint density at radius 2 is 0.667 bits per heavy atom. The van der Waals surface area contributed by atoms with Crippen LogP contribution >= 0.6 is 7.82 Å². The van der Waals surface area contributed by atoms with Gasteiger partial charge in [0.25, 0.3) is 7.82 Å². The maximum Gasteiger partial charge on any atom is 0.268 e. The van der Waals surface area contributed by atoms with E-state index in [9.17, 15) is 19.4 Å². The third kappa shape index (κ3) is 68.2. The Bertz CT molecular complexity index is 1460. The van der Waals surface area contributed by atoms with Gasteiger partial charge in [0.2, 0.25) is 5.91 Å². The highest BCUT2D eigenvalue weighted by molar-refractivity contribution is 7.45. The minimum absolute atomic E-state index is 0.00713. The number of hydrogen-bond donors (Lipinski definition) is 2. The standard InChI is InChI=1S/C75H147N2O6P/c1-6-8-10-12-14-16-18-20-22-24-26-28-29-30-31-32-33-34-35-36-37-38-39-40-41-42-43-44-45-46-47-49-51-53-55-57-59-61-63-65-67-69-75(79)76-73(72-83-84(80,81)82-71-70-77(3,4)5)74(78)68-66-64-62-60-58-56-54-52-50-48-27-25-23-21-19-17-15-13-11-9-7-2/h50,52,58,60,66,68,73-74,78H,6-49,51,53-57,59,61-65,67,69-72H2,1-5H3,(H-,76,79,80,81)/b52-50+,60-58+,68-66+. The Morgan fingerprint density at radius 1 is 0.405 bits per heavy atom. The van der Waals surface area contributed by atoms with Crippen molar-refractivity contribution in [1.29, 1.82) is 0 Å². The number of likely N-dealkylation sites (N-methyl/N-ethyl adjacent to an activating group) is 1. The van der Waals surface area contributed by atoms with Gasteiger partial charge in [-0.05, 0) is 44.9 Å². The smallest absolute Gasteiger partial charge is 0.268 e. The van der Waals surface area contributed by atoms with Gasteiger partial charge in [-0.1, -0.05) is 371 Å². The molecule has 0 aromatic rings. The van der Waals surface area contributed by atoms with E-state index in [1.807, 2.05) is 27.2 Å². The first-order chi connectivity index (χ1) is 41.0. The lowest BCUT2D eigenvalue weighted by molar-refractivity contribution is -0.870. The molecule has 498 valence electrons. The molecule has 3 atom stereocenters. The SMILES string of the molecule is CCCCCCCCCCCCC/C=C/CC/C=C/CC/C=C/C(O)C(COP(=O)([O-])OCC[N+](C)(C)C)NC(=O)CCCCCCCCCCCCCCCCCCCCCCCCCCCCCCCCCCCCCCCCCCC. The molecule has 0 aliphatic rings. The molecule has 0 aliphatic heterocycles. The molecule has 0 rings (SSSR count). The third-order valence-corrected chi connectivity index (χ3v) is 18.3. The summed E-state index contributed by atoms with van der Waals surface area (Å²) in [7, 11) is 1.25. The number of unbranched alkanes of at least 4 members (excludes halogenated alkanes) is 53. The van der Waals surface area contributed by atoms with Crippen molar-refractivity contribution in [2.45, 2.75) is 398 Å². The van der Waals surface area contributed by atoms with Gasteiger partial charge in [-0.15, -0.1) is 0 Å². The van der Waals surface area contributed by atoms with Gasteiger partial charge >= 0.3 is 0 Å². The highest BCUT2D eigenvalue weighted by atomic mass is 31.2. The number of phosphoric acid groups is 1. The van der Waals surface area contributed by atoms with E-state index in [2.05, 4.69) is 43.5 Å². The van der Waals surface area contributed by atoms with Gasteiger partial charge in [0.1, 0.15) is 13.2 Å². The molecule has 0 bridgehead atoms. The van der Waals surface area contributed by atoms with Crippen molar-refractivity contribution < 1.29 is 32.9 Å². The second kappa shape index (κ2) is 66.1. The van der Waals surface area contributed by atoms with E-state index in [1.165, 1.54) is 321 Å². The number of aliphatic hydroxyl groups excluding tert-OH is 1. The van der Waals surface area contributed by atoms with Gasteiger partial charge in [-0.3, -0.25) is 9.36 Å². The molecular weight excluding hydrogens is 1060 g/mol. The van der Waals surface area contributed by atoms with Crippen molar-refractivity contribution in [3.63, 3.8) is 0 Å². The van der Waals surface area contributed by atoms with Gasteiger partial charge < -0.3 is 28.8 Å². The summed E-state index contributed by atoms with van der Waals surface area (Å²) in [6.07, 6.45) is 88.9. The van der Waals surface area contributed by atoms with Crippen LogP contribution in [0.25, 0.3) is 0 Å². The summed E-state index contributed by atoms with van der Waals surface area (Å²) in [5, 5.41) is 13.9. The first-order valence-electron chi connectivity index (χ1n) is 37.4. The summed E-state index contributed by atoms with van der Waals surface area (Å²) in [6, 6.07) is -0.909. The van der Waals surface area contributed by atoms with E-state index in [0.29, 0.717) is 17.4 Å². The largest absolute Gasteiger partial charge is 0.756 e. The van der Waals surface area contributed by atoms with Crippen molar-refractivity contribution in [2.75, 3.05) is 40.9 Å². The van der Waals surface area contributed by atoms with Crippen LogP contribution in [0.4, 0.5) is 0 Å². The molecule has 0 radical (unpaired) electrons. The Balaban J connectivity index is 3.91. The molecule has 1 amide bonds. The minimum atomic E-state index is -4.61. The van der Waals surface area contributed by atoms with Crippen LogP contribution in [0.3, 0.4) is 0 Å². The minimum Gasteiger partial charge on any atom is -0.756 e. The molecule has 84 heavy (non-hydrogen) atoms. The average molecular weight is 1200 g/mol. The van der Waals surface area contributed by atoms with E-state index in [4.69, 9.17) is 9.05 Å². The normalized spacial score (nSPS) is 13.8. The van der Waals surface area contributed by atoms with E-state index < -0.39 is 26.6 Å². The second-order valence-electron chi connectivity index (χ2n) is 27.0. The number of nitrogens with one attached hydrogen (secondary N) is 1. The molecule has 0 spiro atoms. The zero-order chi connectivity index (χ0) is 61.2. The van der Waals surface area contributed by atoms with Crippen molar-refractivity contribution in [2.24, 2.45) is 0 Å². The molecule has 0 aromatic heterocycles. The van der Waals surface area contributed by atoms with E-state index in [-0.39, 0.29) is 12.5 Å². The van der Waals surface area contributed by atoms with Crippen LogP contribution in [0.15, 0.2) is 36.5 Å². The van der Waals surface area contributed by atoms with Crippen LogP contribution < -0.4 is 10.2 Å². The van der Waals surface area contributed by atoms with E-state index in [1.54, 1.807) is 6.08 Å². The predicted octanol–water partition coefficient (Wildman–Crippen LogP) is 23.4. The third-order valence-electron chi connectivity index (χ3n) is 17.3. The number of quaternary nitrogens is 1. The fourth-order valence-electron chi connectivity index (χ4n) is 11.5. The summed E-state index contributed by atoms with van der Waals surface area (Å²) < 4.78 is 23.4. The monoisotopic (exact) mass is 1200 g/mol. The number of carbonyl (C=O) groups excluding carboxylic acids is 1. The molecule has 0 aromatic carbocycles. The van der Waals surface area contributed by atoms with Crippen LogP contribution in [0, 0.1) is 0 Å². The van der Waals surface area contributed by atoms with Gasteiger partial charge in [0.15, 0.2) is 0 Å². The lowest BCUT2D eigenvalue weighted by atomic mass is 10.0. The molecule has 0 saturated heterocycles. The summed E-state index contributed by atoms with van der Waals surface area (Å²) in [5.74, 6) is -0.203. The van der Waals surface area contributed by atoms with Crippen LogP contribution in [0.1, 0.15) is 386 Å². The maximum atomic E-state index is 13.0. The number of nitrogens with zero attached hydrogens (tertiary/aromatic N) is 1. The first-order valence-corrected chi connectivity index (χ1v) is 38.8. The van der Waals surface area contributed by atoms with Crippen molar-refractivity contribution in [3.05, 3.63) is 36.5 Å². The molecule has 2 N–H and O–H groups in total. The van der Waals surface area contributed by atoms with Gasteiger partial charge in [0.05, 0.1) is 39.9 Å². The molecule has 0 saturated carbocycles. The first kappa shape index (κ1) is 82.7. The average Bonchev–Trinajstić information content (AvgIpc) is 3.56. The number of rotatable bonds is 70. The number of amides is 1. The van der Waals surface area contributed by atoms with Crippen LogP contribution in [0.2, 0.25) is 0 Å². The Kier molecular flexibility index (Phi) is 65.1. The summed E-state index contributed by atoms with van der Waals surface area (Å²) in [4.78, 5) is 25.6. The van der Waals surface area contributed by atoms with E-state index in [0.717, 1.165) is 44.9 Å². The zero-order valence-corrected chi connectivity index (χ0v) is 58.0. The van der Waals surface area contributed by atoms with Gasteiger partial charge in [0, 0.05) is 6.42 Å². The lowest BCUT2D eigenvalue weighted by Gasteiger charge is -2.29. The summed E-state index contributed by atoms with van der Waals surface area (Å²) in [5.41, 5.74) is 0. The van der Waals surface area contributed by atoms with Crippen LogP contribution in [-0.4, -0.2) is 68.5 Å². The number of hydrogen-bond acceptors (Lipinski definition) is 6. The number of allylic oxidation sites excluding steroid dienone is 5. The maximum absolute atomic E-state index is 13.0. The quantitative estimate of drug-likeness (QED) is 0.0272. The molecule has 0 fully saturated rings. The molecule has 0 aliphatic carbocycles. The van der Waals surface area contributed by atoms with Crippen LogP contribution in [-0.2, 0) is 18.4 Å². The lowest BCUT2D eigenvalue weighted by Crippen LogP contribution is -2.45. The Hall–Kier alpha value is -1.28. The Labute approximate surface area is 525 Å². The van der Waals surface area contributed by atoms with Gasteiger partial charge in [-0.2, -0.15) is 0 Å². The topological polar surface area (TPSA) is 108 Å². The molecule has 9 heteroatoms. The summed E-state index contributed by atoms with van der Waals surface area (Å²) in [6.45, 7) is 4.68. The summed E-state index contributed by atoms with van der Waals surface area (Å²) >= 11 is 0. The predicted molar refractivity (Wildman–Crippen MR) is 367 cm³/mol. The highest BCUT2D eigenvalue weighted by Gasteiger charge is 2.23. The highest BCUT2D eigenvalue weighted by Crippen LogP contribution is 2.38. The van der Waals surface area contributed by atoms with E-state index >= 15 is 0 Å². The van der Waals surface area contributed by atoms with Crippen molar-refractivity contribution in [1.82, 2.24) is 5.32 Å². The van der Waals surface area contributed by atoms with Crippen molar-refractivity contribution >= 4 is 13.7 Å². The molecule has 8 nitrogen and oxygen atoms in total. The second-order valence-corrected chi connectivity index (χ2v) is 28.4. The number of aliphatic hydroxyl groups is 1. The Morgan fingerprint density at radius 3 is 0.964 bits per heavy atom. The van der Waals surface area contributed by atoms with Crippen molar-refractivity contribution in [3.8, 4) is 0 Å². The fourth-order valence-corrected chi connectivity index (χ4v) is 12.3. The molecule has 0 heterocycles. The van der Waals surface area contributed by atoms with Crippen LogP contribution in [0.5, 0.6) is 0 Å². The van der Waals surface area contributed by atoms with Gasteiger partial charge in [-0.25, -0.2) is 0 Å². The molecule has 3 unspecified atom stereocenters. The number of carbonyl (C=O) groups is 1. The number of phosphoric ester groups is 1.